The van der Waals surface area contributed by atoms with Crippen molar-refractivity contribution in [3.8, 4) is 0 Å². The number of rotatable bonds is 7. The van der Waals surface area contributed by atoms with Gasteiger partial charge in [0.25, 0.3) is 0 Å². The van der Waals surface area contributed by atoms with E-state index in [1.165, 1.54) is 23.1 Å². The number of carbonyl (C=O) groups excluding carboxylic acids is 2. The number of hydrogen-bond donors (Lipinski definition) is 3. The zero-order chi connectivity index (χ0) is 15.1. The first-order chi connectivity index (χ1) is 10.1. The molecule has 0 fully saturated rings. The van der Waals surface area contributed by atoms with Gasteiger partial charge in [0.15, 0.2) is 4.34 Å². The van der Waals surface area contributed by atoms with Crippen LogP contribution in [0, 0.1) is 0 Å². The van der Waals surface area contributed by atoms with Crippen LogP contribution in [-0.2, 0) is 9.59 Å². The summed E-state index contributed by atoms with van der Waals surface area (Å²) in [5, 5.41) is 14.2. The molecule has 0 bridgehead atoms. The Morgan fingerprint density at radius 1 is 1.24 bits per heavy atom. The van der Waals surface area contributed by atoms with Crippen LogP contribution in [-0.4, -0.2) is 34.3 Å². The number of amides is 2. The molecule has 1 aromatic heterocycles. The van der Waals surface area contributed by atoms with Gasteiger partial charge in [0.1, 0.15) is 0 Å². The van der Waals surface area contributed by atoms with Crippen molar-refractivity contribution in [3.63, 3.8) is 0 Å². The molecular weight excluding hydrogens is 310 g/mol. The Balaban J connectivity index is 1.80. The third-order valence-electron chi connectivity index (χ3n) is 2.22. The van der Waals surface area contributed by atoms with E-state index in [1.54, 1.807) is 0 Å². The number of hydrogen-bond acceptors (Lipinski definition) is 7. The van der Waals surface area contributed by atoms with Crippen LogP contribution in [0.2, 0.25) is 0 Å². The lowest BCUT2D eigenvalue weighted by Crippen LogP contribution is -2.34. The standard InChI is InChI=1S/C12H13N5O2S2/c13-9(18)6-14-10(19)7-20-12-17-16-11(21-12)15-8-4-2-1-3-5-8/h1-5H,6-7H2,(H2,13,18)(H,14,19)(H,15,16). The lowest BCUT2D eigenvalue weighted by atomic mass is 10.3. The highest BCUT2D eigenvalue weighted by Gasteiger charge is 2.08. The van der Waals surface area contributed by atoms with Crippen molar-refractivity contribution in [1.29, 1.82) is 0 Å². The number of nitrogens with two attached hydrogens (primary N) is 1. The normalized spacial score (nSPS) is 10.1. The second kappa shape index (κ2) is 7.60. The Kier molecular flexibility index (Phi) is 5.52. The quantitative estimate of drug-likeness (QED) is 0.655. The largest absolute Gasteiger partial charge is 0.368 e. The molecule has 21 heavy (non-hydrogen) atoms. The third-order valence-corrected chi connectivity index (χ3v) is 4.19. The number of para-hydroxylation sites is 1. The highest BCUT2D eigenvalue weighted by atomic mass is 32.2. The SMILES string of the molecule is NC(=O)CNC(=O)CSc1nnc(Nc2ccccc2)s1. The van der Waals surface area contributed by atoms with Gasteiger partial charge in [0, 0.05) is 5.69 Å². The highest BCUT2D eigenvalue weighted by molar-refractivity contribution is 8.01. The van der Waals surface area contributed by atoms with E-state index in [0.717, 1.165) is 5.69 Å². The monoisotopic (exact) mass is 323 g/mol. The summed E-state index contributed by atoms with van der Waals surface area (Å²) in [6.45, 7) is -0.156. The van der Waals surface area contributed by atoms with Crippen LogP contribution < -0.4 is 16.4 Å². The molecule has 9 heteroatoms. The molecule has 1 aromatic carbocycles. The third kappa shape index (κ3) is 5.40. The van der Waals surface area contributed by atoms with Crippen LogP contribution in [0.25, 0.3) is 0 Å². The molecule has 0 aliphatic heterocycles. The molecule has 0 atom stereocenters. The maximum Gasteiger partial charge on any atom is 0.236 e. The first-order valence-corrected chi connectivity index (χ1v) is 7.77. The number of benzene rings is 1. The summed E-state index contributed by atoms with van der Waals surface area (Å²) in [5.74, 6) is -0.682. The molecular formula is C12H13N5O2S2. The summed E-state index contributed by atoms with van der Waals surface area (Å²) in [6.07, 6.45) is 0. The van der Waals surface area contributed by atoms with E-state index in [1.807, 2.05) is 30.3 Å². The fourth-order valence-electron chi connectivity index (χ4n) is 1.33. The van der Waals surface area contributed by atoms with E-state index in [-0.39, 0.29) is 18.2 Å². The van der Waals surface area contributed by atoms with Crippen LogP contribution >= 0.6 is 23.1 Å². The van der Waals surface area contributed by atoms with Crippen molar-refractivity contribution >= 4 is 45.7 Å². The first-order valence-electron chi connectivity index (χ1n) is 5.97. The van der Waals surface area contributed by atoms with E-state index in [2.05, 4.69) is 20.8 Å². The van der Waals surface area contributed by atoms with Crippen molar-refractivity contribution in [3.05, 3.63) is 30.3 Å². The van der Waals surface area contributed by atoms with E-state index in [0.29, 0.717) is 9.47 Å². The van der Waals surface area contributed by atoms with E-state index >= 15 is 0 Å². The molecule has 2 amide bonds. The fraction of sp³-hybridized carbons (Fsp3) is 0.167. The predicted octanol–water partition coefficient (Wildman–Crippen LogP) is 0.975. The molecule has 0 spiro atoms. The molecule has 0 radical (unpaired) electrons. The van der Waals surface area contributed by atoms with Gasteiger partial charge in [-0.3, -0.25) is 9.59 Å². The van der Waals surface area contributed by atoms with Gasteiger partial charge < -0.3 is 16.4 Å². The van der Waals surface area contributed by atoms with Crippen molar-refractivity contribution in [2.24, 2.45) is 5.73 Å². The maximum absolute atomic E-state index is 11.4. The highest BCUT2D eigenvalue weighted by Crippen LogP contribution is 2.27. The fourth-order valence-corrected chi connectivity index (χ4v) is 2.93. The summed E-state index contributed by atoms with van der Waals surface area (Å²) in [6, 6.07) is 9.61. The number of nitrogens with one attached hydrogen (secondary N) is 2. The molecule has 110 valence electrons. The predicted molar refractivity (Wildman–Crippen MR) is 82.6 cm³/mol. The smallest absolute Gasteiger partial charge is 0.236 e. The summed E-state index contributed by atoms with van der Waals surface area (Å²) in [5.41, 5.74) is 5.86. The van der Waals surface area contributed by atoms with Gasteiger partial charge in [-0.15, -0.1) is 10.2 Å². The van der Waals surface area contributed by atoms with Crippen LogP contribution in [0.4, 0.5) is 10.8 Å². The minimum absolute atomic E-state index is 0.156. The van der Waals surface area contributed by atoms with Crippen LogP contribution in [0.15, 0.2) is 34.7 Å². The first kappa shape index (κ1) is 15.3. The van der Waals surface area contributed by atoms with Gasteiger partial charge in [-0.25, -0.2) is 0 Å². The number of carbonyl (C=O) groups is 2. The van der Waals surface area contributed by atoms with Crippen molar-refractivity contribution < 1.29 is 9.59 Å². The molecule has 0 aliphatic carbocycles. The number of primary amides is 1. The summed E-state index contributed by atoms with van der Waals surface area (Å²) in [7, 11) is 0. The molecule has 2 aromatic rings. The van der Waals surface area contributed by atoms with Crippen LogP contribution in [0.3, 0.4) is 0 Å². The number of thioether (sulfide) groups is 1. The second-order valence-corrected chi connectivity index (χ2v) is 6.10. The zero-order valence-corrected chi connectivity index (χ0v) is 12.5. The molecule has 4 N–H and O–H groups in total. The number of aromatic nitrogens is 2. The van der Waals surface area contributed by atoms with Gasteiger partial charge in [0.05, 0.1) is 12.3 Å². The minimum atomic E-state index is -0.571. The van der Waals surface area contributed by atoms with Crippen LogP contribution in [0.5, 0.6) is 0 Å². The van der Waals surface area contributed by atoms with E-state index in [9.17, 15) is 9.59 Å². The summed E-state index contributed by atoms with van der Waals surface area (Å²) < 4.78 is 0.669. The topological polar surface area (TPSA) is 110 Å². The van der Waals surface area contributed by atoms with Gasteiger partial charge in [-0.1, -0.05) is 41.3 Å². The average molecular weight is 323 g/mol. The van der Waals surface area contributed by atoms with E-state index < -0.39 is 5.91 Å². The molecule has 0 unspecified atom stereocenters. The number of nitrogens with zero attached hydrogens (tertiary/aromatic N) is 2. The Hall–Kier alpha value is -2.13. The minimum Gasteiger partial charge on any atom is -0.368 e. The lowest BCUT2D eigenvalue weighted by molar-refractivity contribution is -0.123. The van der Waals surface area contributed by atoms with Gasteiger partial charge in [-0.05, 0) is 12.1 Å². The lowest BCUT2D eigenvalue weighted by Gasteiger charge is -2.00. The van der Waals surface area contributed by atoms with Crippen molar-refractivity contribution in [2.45, 2.75) is 4.34 Å². The average Bonchev–Trinajstić information content (AvgIpc) is 2.91. The van der Waals surface area contributed by atoms with Crippen molar-refractivity contribution in [2.75, 3.05) is 17.6 Å². The van der Waals surface area contributed by atoms with Crippen molar-refractivity contribution in [1.82, 2.24) is 15.5 Å². The number of anilines is 2. The van der Waals surface area contributed by atoms with Gasteiger partial charge in [0.2, 0.25) is 16.9 Å². The Bertz CT molecular complexity index is 617. The second-order valence-electron chi connectivity index (χ2n) is 3.90. The molecule has 0 saturated heterocycles. The summed E-state index contributed by atoms with van der Waals surface area (Å²) in [4.78, 5) is 21.9. The Morgan fingerprint density at radius 2 is 2.00 bits per heavy atom. The van der Waals surface area contributed by atoms with Crippen LogP contribution in [0.1, 0.15) is 0 Å². The molecule has 0 saturated carbocycles. The summed E-state index contributed by atoms with van der Waals surface area (Å²) >= 11 is 2.60. The molecule has 0 aliphatic rings. The van der Waals surface area contributed by atoms with Gasteiger partial charge >= 0.3 is 0 Å². The Labute approximate surface area is 129 Å². The Morgan fingerprint density at radius 3 is 2.71 bits per heavy atom. The molecule has 1 heterocycles. The zero-order valence-electron chi connectivity index (χ0n) is 10.9. The molecule has 2 rings (SSSR count). The maximum atomic E-state index is 11.4. The molecule has 7 nitrogen and oxygen atoms in total. The van der Waals surface area contributed by atoms with E-state index in [4.69, 9.17) is 5.73 Å². The van der Waals surface area contributed by atoms with Gasteiger partial charge in [-0.2, -0.15) is 0 Å².